The second kappa shape index (κ2) is 4.59. The monoisotopic (exact) mass is 251 g/mol. The lowest BCUT2D eigenvalue weighted by molar-refractivity contribution is -0.385. The van der Waals surface area contributed by atoms with Gasteiger partial charge in [-0.15, -0.1) is 0 Å². The lowest BCUT2D eigenvalue weighted by atomic mass is 10.2. The maximum atomic E-state index is 11.2. The van der Waals surface area contributed by atoms with Gasteiger partial charge in [0.05, 0.1) is 4.92 Å². The van der Waals surface area contributed by atoms with Crippen LogP contribution in [0.2, 0.25) is 0 Å². The summed E-state index contributed by atoms with van der Waals surface area (Å²) in [6.45, 7) is 2.54. The number of carboxylic acid groups (broad SMARTS) is 1. The average molecular weight is 251 g/mol. The fraction of sp³-hybridized carbons (Fsp3) is 0.455. The number of nitrogens with zero attached hydrogens (tertiary/aromatic N) is 3. The van der Waals surface area contributed by atoms with Crippen LogP contribution in [0.3, 0.4) is 0 Å². The Morgan fingerprint density at radius 3 is 2.78 bits per heavy atom. The van der Waals surface area contributed by atoms with E-state index in [-0.39, 0.29) is 11.3 Å². The SMILES string of the molecule is CCN(c1ncc([N+](=O)[O-])cc1C(=O)O)C1CC1. The minimum absolute atomic E-state index is 0.113. The normalized spacial score (nSPS) is 14.3. The molecule has 1 aliphatic rings. The predicted octanol–water partition coefficient (Wildman–Crippen LogP) is 1.68. The Kier molecular flexibility index (Phi) is 3.14. The van der Waals surface area contributed by atoms with E-state index in [1.807, 2.05) is 11.8 Å². The maximum absolute atomic E-state index is 11.2. The van der Waals surface area contributed by atoms with Crippen LogP contribution < -0.4 is 4.90 Å². The molecule has 1 N–H and O–H groups in total. The van der Waals surface area contributed by atoms with Crippen molar-refractivity contribution < 1.29 is 14.8 Å². The van der Waals surface area contributed by atoms with Crippen LogP contribution in [0.1, 0.15) is 30.1 Å². The Balaban J connectivity index is 2.45. The second-order valence-electron chi connectivity index (χ2n) is 4.14. The number of rotatable bonds is 5. The smallest absolute Gasteiger partial charge is 0.339 e. The van der Waals surface area contributed by atoms with Gasteiger partial charge < -0.3 is 10.0 Å². The molecular formula is C11H13N3O4. The summed E-state index contributed by atoms with van der Waals surface area (Å²) in [6, 6.07) is 1.37. The Morgan fingerprint density at radius 1 is 1.67 bits per heavy atom. The standard InChI is InChI=1S/C11H13N3O4/c1-2-13(7-3-4-7)10-9(11(15)16)5-8(6-12-10)14(17)18/h5-7H,2-4H2,1H3,(H,15,16). The van der Waals surface area contributed by atoms with Gasteiger partial charge in [0, 0.05) is 18.7 Å². The van der Waals surface area contributed by atoms with Gasteiger partial charge in [0.2, 0.25) is 0 Å². The quantitative estimate of drug-likeness (QED) is 0.631. The molecule has 0 atom stereocenters. The van der Waals surface area contributed by atoms with Gasteiger partial charge >= 0.3 is 5.97 Å². The van der Waals surface area contributed by atoms with Crippen LogP contribution in [-0.4, -0.2) is 33.6 Å². The lowest BCUT2D eigenvalue weighted by Crippen LogP contribution is -2.28. The molecule has 1 aliphatic carbocycles. The second-order valence-corrected chi connectivity index (χ2v) is 4.14. The third-order valence-electron chi connectivity index (χ3n) is 2.89. The molecule has 1 heterocycles. The highest BCUT2D eigenvalue weighted by atomic mass is 16.6. The molecule has 0 spiro atoms. The molecule has 7 nitrogen and oxygen atoms in total. The number of hydrogen-bond donors (Lipinski definition) is 1. The first-order valence-corrected chi connectivity index (χ1v) is 5.69. The molecule has 1 aromatic rings. The summed E-state index contributed by atoms with van der Waals surface area (Å²) >= 11 is 0. The molecule has 1 fully saturated rings. The summed E-state index contributed by atoms with van der Waals surface area (Å²) in [7, 11) is 0. The number of anilines is 1. The fourth-order valence-electron chi connectivity index (χ4n) is 1.90. The van der Waals surface area contributed by atoms with E-state index in [4.69, 9.17) is 5.11 Å². The number of aromatic carboxylic acids is 1. The minimum atomic E-state index is -1.19. The van der Waals surface area contributed by atoms with Gasteiger partial charge in [0.25, 0.3) is 5.69 Å². The highest BCUT2D eigenvalue weighted by Crippen LogP contribution is 2.33. The van der Waals surface area contributed by atoms with E-state index >= 15 is 0 Å². The van der Waals surface area contributed by atoms with Gasteiger partial charge in [-0.1, -0.05) is 0 Å². The molecular weight excluding hydrogens is 238 g/mol. The molecule has 18 heavy (non-hydrogen) atoms. The van der Waals surface area contributed by atoms with E-state index in [9.17, 15) is 14.9 Å². The molecule has 0 aromatic carbocycles. The highest BCUT2D eigenvalue weighted by Gasteiger charge is 2.32. The molecule has 0 aliphatic heterocycles. The summed E-state index contributed by atoms with van der Waals surface area (Å²) in [5.74, 6) is -0.876. The average Bonchev–Trinajstić information content (AvgIpc) is 3.14. The summed E-state index contributed by atoms with van der Waals surface area (Å²) in [5.41, 5.74) is -0.416. The van der Waals surface area contributed by atoms with Crippen LogP contribution >= 0.6 is 0 Å². The first kappa shape index (κ1) is 12.3. The van der Waals surface area contributed by atoms with Crippen molar-refractivity contribution in [1.82, 2.24) is 4.98 Å². The van der Waals surface area contributed by atoms with E-state index in [0.717, 1.165) is 25.1 Å². The van der Waals surface area contributed by atoms with Crippen molar-refractivity contribution in [2.75, 3.05) is 11.4 Å². The Labute approximate surface area is 103 Å². The van der Waals surface area contributed by atoms with Gasteiger partial charge in [-0.25, -0.2) is 9.78 Å². The van der Waals surface area contributed by atoms with Crippen molar-refractivity contribution in [3.8, 4) is 0 Å². The van der Waals surface area contributed by atoms with Crippen molar-refractivity contribution in [3.05, 3.63) is 27.9 Å². The van der Waals surface area contributed by atoms with E-state index in [1.165, 1.54) is 0 Å². The van der Waals surface area contributed by atoms with Gasteiger partial charge in [0.1, 0.15) is 17.6 Å². The molecule has 0 amide bonds. The number of hydrogen-bond acceptors (Lipinski definition) is 5. The number of pyridine rings is 1. The molecule has 0 saturated heterocycles. The summed E-state index contributed by atoms with van der Waals surface area (Å²) in [5, 5.41) is 19.8. The van der Waals surface area contributed by atoms with E-state index in [2.05, 4.69) is 4.98 Å². The Bertz CT molecular complexity index is 499. The molecule has 7 heteroatoms. The Hall–Kier alpha value is -2.18. The van der Waals surface area contributed by atoms with Crippen molar-refractivity contribution >= 4 is 17.5 Å². The Morgan fingerprint density at radius 2 is 2.33 bits per heavy atom. The molecule has 0 unspecified atom stereocenters. The van der Waals surface area contributed by atoms with Crippen LogP contribution in [-0.2, 0) is 0 Å². The lowest BCUT2D eigenvalue weighted by Gasteiger charge is -2.22. The fourth-order valence-corrected chi connectivity index (χ4v) is 1.90. The van der Waals surface area contributed by atoms with Crippen LogP contribution in [0.25, 0.3) is 0 Å². The van der Waals surface area contributed by atoms with E-state index < -0.39 is 10.9 Å². The molecule has 2 rings (SSSR count). The van der Waals surface area contributed by atoms with Gasteiger partial charge in [0.15, 0.2) is 0 Å². The van der Waals surface area contributed by atoms with Crippen molar-refractivity contribution in [2.24, 2.45) is 0 Å². The summed E-state index contributed by atoms with van der Waals surface area (Å²) in [6.07, 6.45) is 3.12. The zero-order valence-corrected chi connectivity index (χ0v) is 9.87. The van der Waals surface area contributed by atoms with Crippen LogP contribution in [0.4, 0.5) is 11.5 Å². The number of carboxylic acids is 1. The largest absolute Gasteiger partial charge is 0.478 e. The molecule has 0 radical (unpaired) electrons. The van der Waals surface area contributed by atoms with Gasteiger partial charge in [-0.3, -0.25) is 10.1 Å². The molecule has 1 saturated carbocycles. The molecule has 1 aromatic heterocycles. The third kappa shape index (κ3) is 2.24. The number of carbonyl (C=O) groups is 1. The third-order valence-corrected chi connectivity index (χ3v) is 2.89. The summed E-state index contributed by atoms with van der Waals surface area (Å²) < 4.78 is 0. The first-order chi connectivity index (χ1) is 8.54. The minimum Gasteiger partial charge on any atom is -0.478 e. The van der Waals surface area contributed by atoms with Crippen LogP contribution in [0.15, 0.2) is 12.3 Å². The maximum Gasteiger partial charge on any atom is 0.339 e. The van der Waals surface area contributed by atoms with Crippen LogP contribution in [0.5, 0.6) is 0 Å². The summed E-state index contributed by atoms with van der Waals surface area (Å²) in [4.78, 5) is 27.0. The first-order valence-electron chi connectivity index (χ1n) is 5.69. The number of nitro groups is 1. The zero-order chi connectivity index (χ0) is 13.3. The molecule has 96 valence electrons. The molecule has 0 bridgehead atoms. The predicted molar refractivity (Wildman–Crippen MR) is 63.9 cm³/mol. The van der Waals surface area contributed by atoms with Gasteiger partial charge in [-0.2, -0.15) is 0 Å². The van der Waals surface area contributed by atoms with E-state index in [0.29, 0.717) is 18.4 Å². The van der Waals surface area contributed by atoms with Gasteiger partial charge in [-0.05, 0) is 19.8 Å². The topological polar surface area (TPSA) is 96.6 Å². The number of aromatic nitrogens is 1. The van der Waals surface area contributed by atoms with Crippen molar-refractivity contribution in [1.29, 1.82) is 0 Å². The van der Waals surface area contributed by atoms with Crippen LogP contribution in [0, 0.1) is 10.1 Å². The van der Waals surface area contributed by atoms with Crippen molar-refractivity contribution in [2.45, 2.75) is 25.8 Å². The highest BCUT2D eigenvalue weighted by molar-refractivity contribution is 5.94. The zero-order valence-electron chi connectivity index (χ0n) is 9.87. The van der Waals surface area contributed by atoms with E-state index in [1.54, 1.807) is 0 Å². The van der Waals surface area contributed by atoms with Crippen molar-refractivity contribution in [3.63, 3.8) is 0 Å².